The topological polar surface area (TPSA) is 63.6 Å². The van der Waals surface area contributed by atoms with Crippen LogP contribution < -0.4 is 10.2 Å². The van der Waals surface area contributed by atoms with E-state index in [2.05, 4.69) is 48.6 Å². The average Bonchev–Trinajstić information content (AvgIpc) is 2.96. The zero-order valence-electron chi connectivity index (χ0n) is 21.5. The number of fused-ring (bicyclic) bond motifs is 1. The lowest BCUT2D eigenvalue weighted by Gasteiger charge is -2.11. The second kappa shape index (κ2) is 11.5. The van der Waals surface area contributed by atoms with E-state index < -0.39 is 0 Å². The highest BCUT2D eigenvalue weighted by atomic mass is 16.5. The quantitative estimate of drug-likeness (QED) is 0.179. The number of nitrogens with one attached hydrogen (secondary N) is 1. The van der Waals surface area contributed by atoms with E-state index in [9.17, 15) is 4.79 Å². The molecule has 5 heteroatoms. The van der Waals surface area contributed by atoms with Gasteiger partial charge in [0, 0.05) is 16.5 Å². The Labute approximate surface area is 222 Å². The third-order valence-corrected chi connectivity index (χ3v) is 6.36. The van der Waals surface area contributed by atoms with Crippen molar-refractivity contribution in [1.82, 2.24) is 10.4 Å². The number of ether oxygens (including phenoxy) is 1. The van der Waals surface area contributed by atoms with Gasteiger partial charge in [0.1, 0.15) is 12.4 Å². The van der Waals surface area contributed by atoms with Gasteiger partial charge in [-0.2, -0.15) is 5.10 Å². The number of pyridine rings is 1. The predicted octanol–water partition coefficient (Wildman–Crippen LogP) is 7.37. The Morgan fingerprint density at radius 1 is 0.895 bits per heavy atom. The van der Waals surface area contributed by atoms with Gasteiger partial charge in [0.05, 0.1) is 23.0 Å². The van der Waals surface area contributed by atoms with Crippen molar-refractivity contribution >= 4 is 23.0 Å². The van der Waals surface area contributed by atoms with Crippen molar-refractivity contribution in [3.05, 3.63) is 131 Å². The Bertz CT molecular complexity index is 1580. The fourth-order valence-corrected chi connectivity index (χ4v) is 4.22. The Hall–Kier alpha value is -4.77. The van der Waals surface area contributed by atoms with Crippen LogP contribution in [0.3, 0.4) is 0 Å². The van der Waals surface area contributed by atoms with Crippen LogP contribution in [-0.2, 0) is 6.61 Å². The van der Waals surface area contributed by atoms with Crippen molar-refractivity contribution in [3.8, 4) is 17.0 Å². The molecule has 5 aromatic rings. The monoisotopic (exact) mass is 499 g/mol. The van der Waals surface area contributed by atoms with Crippen LogP contribution >= 0.6 is 0 Å². The lowest BCUT2D eigenvalue weighted by molar-refractivity contribution is 0.0956. The van der Waals surface area contributed by atoms with Crippen LogP contribution in [0.2, 0.25) is 0 Å². The summed E-state index contributed by atoms with van der Waals surface area (Å²) in [4.78, 5) is 18.1. The highest BCUT2D eigenvalue weighted by Gasteiger charge is 2.14. The first kappa shape index (κ1) is 24.9. The Balaban J connectivity index is 1.37. The zero-order valence-corrected chi connectivity index (χ0v) is 21.5. The molecule has 4 aromatic carbocycles. The van der Waals surface area contributed by atoms with Gasteiger partial charge in [-0.1, -0.05) is 98.8 Å². The summed E-state index contributed by atoms with van der Waals surface area (Å²) in [6.07, 6.45) is 1.60. The lowest BCUT2D eigenvalue weighted by Crippen LogP contribution is -2.18. The molecule has 0 radical (unpaired) electrons. The first-order valence-corrected chi connectivity index (χ1v) is 12.7. The molecular formula is C33H29N3O2. The summed E-state index contributed by atoms with van der Waals surface area (Å²) < 4.78 is 6.00. The number of rotatable bonds is 8. The molecule has 0 saturated carbocycles. The van der Waals surface area contributed by atoms with E-state index in [1.165, 1.54) is 5.56 Å². The summed E-state index contributed by atoms with van der Waals surface area (Å²) in [5.74, 6) is 0.833. The summed E-state index contributed by atoms with van der Waals surface area (Å²) in [6.45, 7) is 4.78. The molecule has 0 aliphatic carbocycles. The largest absolute Gasteiger partial charge is 0.488 e. The van der Waals surface area contributed by atoms with Gasteiger partial charge in [0.15, 0.2) is 0 Å². The maximum atomic E-state index is 13.3. The molecule has 1 N–H and O–H groups in total. The molecule has 5 nitrogen and oxygen atoms in total. The fraction of sp³-hybridized carbons (Fsp3) is 0.121. The van der Waals surface area contributed by atoms with Crippen molar-refractivity contribution in [2.45, 2.75) is 26.4 Å². The lowest BCUT2D eigenvalue weighted by atomic mass is 9.99. The summed E-state index contributed by atoms with van der Waals surface area (Å²) in [5.41, 5.74) is 8.78. The van der Waals surface area contributed by atoms with Gasteiger partial charge >= 0.3 is 0 Å². The number of benzene rings is 4. The van der Waals surface area contributed by atoms with Crippen LogP contribution in [0.4, 0.5) is 0 Å². The minimum Gasteiger partial charge on any atom is -0.488 e. The number of aromatic nitrogens is 1. The van der Waals surface area contributed by atoms with E-state index >= 15 is 0 Å². The summed E-state index contributed by atoms with van der Waals surface area (Å²) in [5, 5.41) is 5.02. The van der Waals surface area contributed by atoms with E-state index in [0.717, 1.165) is 33.3 Å². The SMILES string of the molecule is CC(C)c1ccc(-c2cc(C(=O)N/N=C\c3ccccc3OCc3ccccc3)c3ccccc3n2)cc1. The summed E-state index contributed by atoms with van der Waals surface area (Å²) >= 11 is 0. The summed E-state index contributed by atoms with van der Waals surface area (Å²) in [6, 6.07) is 35.4. The number of hydrazone groups is 1. The molecule has 1 amide bonds. The molecular weight excluding hydrogens is 470 g/mol. The van der Waals surface area contributed by atoms with Crippen LogP contribution in [0, 0.1) is 0 Å². The number of nitrogens with zero attached hydrogens (tertiary/aromatic N) is 2. The number of hydrogen-bond acceptors (Lipinski definition) is 4. The van der Waals surface area contributed by atoms with Crippen molar-refractivity contribution < 1.29 is 9.53 Å². The molecule has 188 valence electrons. The number of amides is 1. The molecule has 0 saturated heterocycles. The van der Waals surface area contributed by atoms with Gasteiger partial charge in [-0.25, -0.2) is 10.4 Å². The molecule has 0 fully saturated rings. The van der Waals surface area contributed by atoms with Gasteiger partial charge in [0.2, 0.25) is 0 Å². The molecule has 1 aromatic heterocycles. The van der Waals surface area contributed by atoms with Gasteiger partial charge < -0.3 is 4.74 Å². The van der Waals surface area contributed by atoms with Crippen molar-refractivity contribution in [1.29, 1.82) is 0 Å². The Kier molecular flexibility index (Phi) is 7.55. The zero-order chi connectivity index (χ0) is 26.3. The van der Waals surface area contributed by atoms with E-state index in [4.69, 9.17) is 9.72 Å². The normalized spacial score (nSPS) is 11.2. The van der Waals surface area contributed by atoms with Gasteiger partial charge in [-0.15, -0.1) is 0 Å². The minimum atomic E-state index is -0.303. The van der Waals surface area contributed by atoms with E-state index in [1.807, 2.05) is 84.9 Å². The Morgan fingerprint density at radius 2 is 1.61 bits per heavy atom. The summed E-state index contributed by atoms with van der Waals surface area (Å²) in [7, 11) is 0. The number of carbonyl (C=O) groups excluding carboxylic acids is 1. The van der Waals surface area contributed by atoms with E-state index in [0.29, 0.717) is 23.8 Å². The third-order valence-electron chi connectivity index (χ3n) is 6.36. The average molecular weight is 500 g/mol. The molecule has 0 bridgehead atoms. The molecule has 0 unspecified atom stereocenters. The van der Waals surface area contributed by atoms with Crippen LogP contribution in [0.15, 0.2) is 114 Å². The van der Waals surface area contributed by atoms with Gasteiger partial charge in [-0.3, -0.25) is 4.79 Å². The smallest absolute Gasteiger partial charge is 0.272 e. The third kappa shape index (κ3) is 5.79. The van der Waals surface area contributed by atoms with Crippen LogP contribution in [0.25, 0.3) is 22.2 Å². The first-order chi connectivity index (χ1) is 18.6. The fourth-order valence-electron chi connectivity index (χ4n) is 4.22. The molecule has 0 aliphatic heterocycles. The maximum Gasteiger partial charge on any atom is 0.272 e. The molecule has 0 atom stereocenters. The minimum absolute atomic E-state index is 0.303. The van der Waals surface area contributed by atoms with Gasteiger partial charge in [0.25, 0.3) is 5.91 Å². The van der Waals surface area contributed by atoms with E-state index in [1.54, 1.807) is 6.21 Å². The highest BCUT2D eigenvalue weighted by molar-refractivity contribution is 6.07. The maximum absolute atomic E-state index is 13.3. The number of carbonyl (C=O) groups is 1. The van der Waals surface area contributed by atoms with Crippen LogP contribution in [0.1, 0.15) is 46.8 Å². The van der Waals surface area contributed by atoms with Crippen molar-refractivity contribution in [3.63, 3.8) is 0 Å². The van der Waals surface area contributed by atoms with Gasteiger partial charge in [-0.05, 0) is 41.3 Å². The number of para-hydroxylation sites is 2. The molecule has 0 spiro atoms. The predicted molar refractivity (Wildman–Crippen MR) is 154 cm³/mol. The van der Waals surface area contributed by atoms with E-state index in [-0.39, 0.29) is 5.91 Å². The first-order valence-electron chi connectivity index (χ1n) is 12.7. The second-order valence-electron chi connectivity index (χ2n) is 9.36. The van der Waals surface area contributed by atoms with Crippen molar-refractivity contribution in [2.75, 3.05) is 0 Å². The number of hydrogen-bond donors (Lipinski definition) is 1. The molecule has 5 rings (SSSR count). The van der Waals surface area contributed by atoms with Crippen LogP contribution in [0.5, 0.6) is 5.75 Å². The second-order valence-corrected chi connectivity index (χ2v) is 9.36. The molecule has 38 heavy (non-hydrogen) atoms. The molecule has 1 heterocycles. The van der Waals surface area contributed by atoms with Crippen molar-refractivity contribution in [2.24, 2.45) is 5.10 Å². The highest BCUT2D eigenvalue weighted by Crippen LogP contribution is 2.26. The Morgan fingerprint density at radius 3 is 2.39 bits per heavy atom. The van der Waals surface area contributed by atoms with Crippen LogP contribution in [-0.4, -0.2) is 17.1 Å². The molecule has 0 aliphatic rings. The standard InChI is InChI=1S/C33H29N3O2/c1-23(2)25-16-18-26(19-17-25)31-20-29(28-13-7-8-14-30(28)35-31)33(37)36-34-21-27-12-6-9-15-32(27)38-22-24-10-4-3-5-11-24/h3-21,23H,22H2,1-2H3,(H,36,37)/b34-21-.